The first-order valence-corrected chi connectivity index (χ1v) is 27.2. The smallest absolute Gasteiger partial charge is 0.435 e. The largest absolute Gasteiger partial charge is 0.481 e. The predicted octanol–water partition coefficient (Wildman–Crippen LogP) is 8.18. The Morgan fingerprint density at radius 2 is 1.45 bits per heavy atom. The number of carbonyl (C=O) groups is 4. The molecule has 0 spiro atoms. The molecule has 0 saturated heterocycles. The Morgan fingerprint density at radius 3 is 1.99 bits per heavy atom. The second-order valence-corrected chi connectivity index (χ2v) is 24.4. The van der Waals surface area contributed by atoms with Gasteiger partial charge in [0.05, 0.1) is 45.8 Å². The number of pyridine rings is 1. The minimum absolute atomic E-state index is 0.0465. The van der Waals surface area contributed by atoms with E-state index in [2.05, 4.69) is 32.3 Å². The van der Waals surface area contributed by atoms with Gasteiger partial charge in [-0.2, -0.15) is 49.6 Å². The normalized spacial score (nSPS) is 19.2. The van der Waals surface area contributed by atoms with Crippen molar-refractivity contribution < 1.29 is 90.1 Å². The van der Waals surface area contributed by atoms with Gasteiger partial charge in [0, 0.05) is 41.4 Å². The molecule has 0 radical (unpaired) electrons. The van der Waals surface area contributed by atoms with E-state index in [9.17, 15) is 81.4 Å². The van der Waals surface area contributed by atoms with Crippen LogP contribution in [0.1, 0.15) is 92.3 Å². The van der Waals surface area contributed by atoms with Crippen LogP contribution >= 0.6 is 11.6 Å². The van der Waals surface area contributed by atoms with Crippen LogP contribution in [0, 0.1) is 41.2 Å². The van der Waals surface area contributed by atoms with Crippen LogP contribution < -0.4 is 9.62 Å². The van der Waals surface area contributed by atoms with E-state index in [-0.39, 0.29) is 30.5 Å². The number of hydrogen-bond donors (Lipinski definition) is 3. The van der Waals surface area contributed by atoms with E-state index >= 15 is 8.78 Å². The number of nitrogens with zero attached hydrogens (tertiary/aromatic N) is 6. The summed E-state index contributed by atoms with van der Waals surface area (Å²) in [6.07, 6.45) is -12.8. The minimum atomic E-state index is -5.28. The van der Waals surface area contributed by atoms with Crippen LogP contribution in [0.25, 0.3) is 22.0 Å². The van der Waals surface area contributed by atoms with Crippen LogP contribution in [0.3, 0.4) is 0 Å². The van der Waals surface area contributed by atoms with Gasteiger partial charge in [-0.3, -0.25) is 28.5 Å². The summed E-state index contributed by atoms with van der Waals surface area (Å²) < 4.78 is 199. The van der Waals surface area contributed by atoms with Crippen LogP contribution in [-0.4, -0.2) is 98.8 Å². The standard InChI is InChI=1S/C48H44ClF10N7O10S2/c1-22-19-46(52,53)40-35(22)39(48(57,58)59)62-64(40)20-34(67)61-33(14-23-12-27(50)18-28(51)13-23)37-30(7-6-29(60-37)10-11-45(2,3)77(4,73)74)31-8-9-32(49)36-38(31)65(21-47(54,55)56)63-41(36)66(78(5,75)76)42(68)24-15-25(43(69)70)17-26(16-24)44(71)72/h6-9,12-13,18,22,24-26,33H,14-17,19-21H2,1-5H3,(H,61,67)(H,69,70)(H,71,72)/t22-,24-,25+,26-,33-/m0/s1. The van der Waals surface area contributed by atoms with Gasteiger partial charge in [0.1, 0.15) is 40.9 Å². The fourth-order valence-electron chi connectivity index (χ4n) is 9.56. The molecule has 0 bridgehead atoms. The molecule has 5 atom stereocenters. The van der Waals surface area contributed by atoms with E-state index in [0.717, 1.165) is 49.6 Å². The molecule has 30 heteroatoms. The van der Waals surface area contributed by atoms with Crippen LogP contribution in [0.5, 0.6) is 0 Å². The van der Waals surface area contributed by atoms with Gasteiger partial charge in [0.15, 0.2) is 21.3 Å². The number of halogens is 11. The molecule has 17 nitrogen and oxygen atoms in total. The van der Waals surface area contributed by atoms with Crippen LogP contribution in [0.2, 0.25) is 5.02 Å². The summed E-state index contributed by atoms with van der Waals surface area (Å²) in [6, 6.07) is 4.34. The lowest BCUT2D eigenvalue weighted by Crippen LogP contribution is -2.45. The monoisotopic (exact) mass is 1170 g/mol. The molecule has 2 aromatic carbocycles. The van der Waals surface area contributed by atoms with Gasteiger partial charge in [-0.05, 0) is 87.3 Å². The van der Waals surface area contributed by atoms with E-state index in [1.54, 1.807) is 0 Å². The number of carbonyl (C=O) groups excluding carboxylic acids is 2. The Balaban J connectivity index is 1.50. The molecule has 1 saturated carbocycles. The minimum Gasteiger partial charge on any atom is -0.481 e. The van der Waals surface area contributed by atoms with E-state index < -0.39 is 203 Å². The topological polar surface area (TPSA) is 241 Å². The molecule has 3 aromatic heterocycles. The van der Waals surface area contributed by atoms with Crippen molar-refractivity contribution in [1.29, 1.82) is 0 Å². The highest BCUT2D eigenvalue weighted by Crippen LogP contribution is 2.52. The number of amides is 2. The van der Waals surface area contributed by atoms with Crippen molar-refractivity contribution in [2.75, 3.05) is 16.8 Å². The average Bonchev–Trinajstić information content (AvgIpc) is 3.94. The van der Waals surface area contributed by atoms with E-state index in [1.165, 1.54) is 13.8 Å². The quantitative estimate of drug-likeness (QED) is 0.0703. The highest BCUT2D eigenvalue weighted by molar-refractivity contribution is 7.93. The first-order valence-electron chi connectivity index (χ1n) is 23.1. The summed E-state index contributed by atoms with van der Waals surface area (Å²) in [5, 5.41) is 28.0. The first kappa shape index (κ1) is 58.9. The molecule has 7 rings (SSSR count). The summed E-state index contributed by atoms with van der Waals surface area (Å²) in [5.41, 5.74) is -6.62. The first-order chi connectivity index (χ1) is 35.8. The Bertz CT molecular complexity index is 3550. The van der Waals surface area contributed by atoms with Crippen LogP contribution in [-0.2, 0) is 70.6 Å². The molecule has 2 aliphatic rings. The lowest BCUT2D eigenvalue weighted by molar-refractivity contribution is -0.150. The number of benzene rings is 2. The summed E-state index contributed by atoms with van der Waals surface area (Å²) in [7, 11) is -9.00. The van der Waals surface area contributed by atoms with Gasteiger partial charge in [-0.25, -0.2) is 30.6 Å². The average molecular weight is 1170 g/mol. The molecular weight excluding hydrogens is 1120 g/mol. The molecule has 420 valence electrons. The van der Waals surface area contributed by atoms with Crippen molar-refractivity contribution in [1.82, 2.24) is 29.9 Å². The molecule has 1 fully saturated rings. The Hall–Kier alpha value is -6.80. The number of aromatic nitrogens is 5. The second-order valence-electron chi connectivity index (χ2n) is 19.6. The lowest BCUT2D eigenvalue weighted by Gasteiger charge is -2.32. The molecule has 2 aliphatic carbocycles. The van der Waals surface area contributed by atoms with E-state index in [0.29, 0.717) is 12.3 Å². The maximum Gasteiger partial charge on any atom is 0.435 e. The van der Waals surface area contributed by atoms with Gasteiger partial charge < -0.3 is 15.5 Å². The zero-order valence-electron chi connectivity index (χ0n) is 41.2. The van der Waals surface area contributed by atoms with Crippen LogP contribution in [0.15, 0.2) is 42.5 Å². The van der Waals surface area contributed by atoms with Crippen molar-refractivity contribution in [3.63, 3.8) is 0 Å². The summed E-state index contributed by atoms with van der Waals surface area (Å²) in [5.74, 6) is -14.4. The van der Waals surface area contributed by atoms with Gasteiger partial charge in [0.25, 0.3) is 5.92 Å². The fraction of sp³-hybridized carbons (Fsp3) is 0.438. The Labute approximate surface area is 441 Å². The van der Waals surface area contributed by atoms with Gasteiger partial charge in [-0.1, -0.05) is 30.5 Å². The lowest BCUT2D eigenvalue weighted by atomic mass is 9.74. The Morgan fingerprint density at radius 1 is 0.872 bits per heavy atom. The third-order valence-electron chi connectivity index (χ3n) is 13.2. The number of carboxylic acid groups (broad SMARTS) is 2. The van der Waals surface area contributed by atoms with E-state index in [4.69, 9.17) is 11.6 Å². The zero-order chi connectivity index (χ0) is 58.2. The summed E-state index contributed by atoms with van der Waals surface area (Å²) in [4.78, 5) is 57.4. The number of sulfone groups is 1. The number of fused-ring (bicyclic) bond motifs is 2. The second kappa shape index (κ2) is 20.8. The maximum atomic E-state index is 15.5. The predicted molar refractivity (Wildman–Crippen MR) is 257 cm³/mol. The third kappa shape index (κ3) is 12.2. The number of nitrogens with one attached hydrogen (secondary N) is 1. The SMILES string of the molecule is C[C@H]1CC(F)(F)c2c1c(C(F)(F)F)nn2CC(=O)N[C@@H](Cc1cc(F)cc(F)c1)c1nc(C#CC(C)(C)S(C)(=O)=O)ccc1-c1ccc(Cl)c2c(N(C(=O)[C@@H]3C[C@H](C(=O)O)C[C@H](C(=O)O)C3)S(C)(=O)=O)nn(CC(F)(F)F)c12. The highest BCUT2D eigenvalue weighted by Gasteiger charge is 2.53. The molecule has 2 amide bonds. The molecule has 3 heterocycles. The summed E-state index contributed by atoms with van der Waals surface area (Å²) in [6.45, 7) is 0.0540. The fourth-order valence-corrected chi connectivity index (χ4v) is 10.9. The summed E-state index contributed by atoms with van der Waals surface area (Å²) >= 11 is 6.68. The van der Waals surface area contributed by atoms with Crippen molar-refractivity contribution in [3.05, 3.63) is 93.0 Å². The number of aliphatic carboxylic acids is 2. The molecule has 3 N–H and O–H groups in total. The molecule has 5 aromatic rings. The van der Waals surface area contributed by atoms with Crippen molar-refractivity contribution >= 4 is 71.9 Å². The molecule has 0 unspecified atom stereocenters. The number of alkyl halides is 8. The number of carboxylic acids is 2. The van der Waals surface area contributed by atoms with Gasteiger partial charge in [0.2, 0.25) is 21.8 Å². The van der Waals surface area contributed by atoms with Crippen molar-refractivity contribution in [2.24, 2.45) is 17.8 Å². The number of rotatable bonds is 14. The van der Waals surface area contributed by atoms with Gasteiger partial charge >= 0.3 is 24.3 Å². The maximum absolute atomic E-state index is 15.5. The molecule has 0 aliphatic heterocycles. The number of anilines is 1. The number of sulfonamides is 1. The van der Waals surface area contributed by atoms with Crippen molar-refractivity contribution in [3.8, 4) is 23.0 Å². The number of hydrogen-bond acceptors (Lipinski definition) is 11. The highest BCUT2D eigenvalue weighted by atomic mass is 35.5. The van der Waals surface area contributed by atoms with Crippen LogP contribution in [0.4, 0.5) is 49.7 Å². The molecule has 78 heavy (non-hydrogen) atoms. The molecular formula is C48H44ClF10N7O10S2. The van der Waals surface area contributed by atoms with Gasteiger partial charge in [-0.15, -0.1) is 0 Å². The zero-order valence-corrected chi connectivity index (χ0v) is 43.6. The Kier molecular flexibility index (Phi) is 15.7. The van der Waals surface area contributed by atoms with Crippen molar-refractivity contribution in [2.45, 2.75) is 101 Å². The third-order valence-corrected chi connectivity index (χ3v) is 16.5. The van der Waals surface area contributed by atoms with E-state index in [1.807, 2.05) is 0 Å².